The molecule has 0 radical (unpaired) electrons. The molecular weight excluding hydrogens is 170 g/mol. The fourth-order valence-electron chi connectivity index (χ4n) is 2.96. The third-order valence-corrected chi connectivity index (χ3v) is 4.04. The highest BCUT2D eigenvalue weighted by molar-refractivity contribution is 4.82. The van der Waals surface area contributed by atoms with Crippen LogP contribution in [-0.4, -0.2) is 12.1 Å². The van der Waals surface area contributed by atoms with Gasteiger partial charge in [0, 0.05) is 12.1 Å². The van der Waals surface area contributed by atoms with Crippen LogP contribution < -0.4 is 5.32 Å². The average Bonchev–Trinajstić information content (AvgIpc) is 2.80. The SMILES string of the molecule is CC(CC1CC1)N[C@@H](C)C1CCCC1. The van der Waals surface area contributed by atoms with Gasteiger partial charge in [0.2, 0.25) is 0 Å². The molecule has 2 fully saturated rings. The van der Waals surface area contributed by atoms with Gasteiger partial charge in [-0.3, -0.25) is 0 Å². The molecule has 0 bridgehead atoms. The molecule has 1 heteroatoms. The summed E-state index contributed by atoms with van der Waals surface area (Å²) in [7, 11) is 0. The minimum atomic E-state index is 0.748. The van der Waals surface area contributed by atoms with Gasteiger partial charge in [-0.1, -0.05) is 25.7 Å². The Kier molecular flexibility index (Phi) is 3.48. The fraction of sp³-hybridized carbons (Fsp3) is 1.00. The van der Waals surface area contributed by atoms with Gasteiger partial charge in [-0.25, -0.2) is 0 Å². The molecule has 1 unspecified atom stereocenters. The molecule has 0 saturated heterocycles. The average molecular weight is 195 g/mol. The van der Waals surface area contributed by atoms with Crippen molar-refractivity contribution in [3.05, 3.63) is 0 Å². The predicted octanol–water partition coefficient (Wildman–Crippen LogP) is 3.34. The first-order valence-electron chi connectivity index (χ1n) is 6.51. The summed E-state index contributed by atoms with van der Waals surface area (Å²) in [5.74, 6) is 2.03. The zero-order chi connectivity index (χ0) is 9.97. The van der Waals surface area contributed by atoms with E-state index >= 15 is 0 Å². The lowest BCUT2D eigenvalue weighted by Crippen LogP contribution is -2.38. The minimum absolute atomic E-state index is 0.748. The fourth-order valence-corrected chi connectivity index (χ4v) is 2.96. The van der Waals surface area contributed by atoms with Crippen LogP contribution in [0.25, 0.3) is 0 Å². The Morgan fingerprint density at radius 1 is 1.07 bits per heavy atom. The van der Waals surface area contributed by atoms with Crippen molar-refractivity contribution < 1.29 is 0 Å². The summed E-state index contributed by atoms with van der Waals surface area (Å²) in [4.78, 5) is 0. The smallest absolute Gasteiger partial charge is 0.00694 e. The first kappa shape index (κ1) is 10.5. The van der Waals surface area contributed by atoms with Crippen LogP contribution in [0.15, 0.2) is 0 Å². The Hall–Kier alpha value is -0.0400. The first-order valence-corrected chi connectivity index (χ1v) is 6.51. The van der Waals surface area contributed by atoms with Gasteiger partial charge in [-0.2, -0.15) is 0 Å². The highest BCUT2D eigenvalue weighted by Gasteiger charge is 2.26. The van der Waals surface area contributed by atoms with Gasteiger partial charge in [-0.05, 0) is 44.9 Å². The van der Waals surface area contributed by atoms with Crippen molar-refractivity contribution in [2.24, 2.45) is 11.8 Å². The molecule has 0 spiro atoms. The Morgan fingerprint density at radius 3 is 2.29 bits per heavy atom. The lowest BCUT2D eigenvalue weighted by Gasteiger charge is -2.24. The Bertz CT molecular complexity index is 168. The van der Waals surface area contributed by atoms with E-state index in [1.165, 1.54) is 44.9 Å². The molecule has 14 heavy (non-hydrogen) atoms. The maximum atomic E-state index is 3.79. The van der Waals surface area contributed by atoms with Crippen LogP contribution in [0, 0.1) is 11.8 Å². The molecule has 0 amide bonds. The molecule has 0 aromatic heterocycles. The molecule has 82 valence electrons. The molecule has 1 nitrogen and oxygen atoms in total. The summed E-state index contributed by atoms with van der Waals surface area (Å²) in [6.45, 7) is 4.75. The number of nitrogens with one attached hydrogen (secondary N) is 1. The molecule has 2 rings (SSSR count). The quantitative estimate of drug-likeness (QED) is 0.709. The summed E-state index contributed by atoms with van der Waals surface area (Å²) >= 11 is 0. The van der Waals surface area contributed by atoms with Gasteiger partial charge >= 0.3 is 0 Å². The van der Waals surface area contributed by atoms with Crippen molar-refractivity contribution in [1.82, 2.24) is 5.32 Å². The lowest BCUT2D eigenvalue weighted by molar-refractivity contribution is 0.335. The van der Waals surface area contributed by atoms with Crippen LogP contribution in [0.5, 0.6) is 0 Å². The van der Waals surface area contributed by atoms with E-state index in [0.29, 0.717) is 0 Å². The van der Waals surface area contributed by atoms with E-state index in [2.05, 4.69) is 19.2 Å². The van der Waals surface area contributed by atoms with Gasteiger partial charge in [0.25, 0.3) is 0 Å². The van der Waals surface area contributed by atoms with E-state index in [0.717, 1.165) is 23.9 Å². The van der Waals surface area contributed by atoms with E-state index in [1.807, 2.05) is 0 Å². The molecule has 0 aromatic carbocycles. The summed E-state index contributed by atoms with van der Waals surface area (Å²) < 4.78 is 0. The monoisotopic (exact) mass is 195 g/mol. The molecule has 2 saturated carbocycles. The van der Waals surface area contributed by atoms with Crippen LogP contribution in [0.2, 0.25) is 0 Å². The zero-order valence-electron chi connectivity index (χ0n) is 9.76. The van der Waals surface area contributed by atoms with Gasteiger partial charge in [0.15, 0.2) is 0 Å². The van der Waals surface area contributed by atoms with Crippen LogP contribution >= 0.6 is 0 Å². The van der Waals surface area contributed by atoms with Gasteiger partial charge in [0.05, 0.1) is 0 Å². The molecule has 1 N–H and O–H groups in total. The van der Waals surface area contributed by atoms with Gasteiger partial charge < -0.3 is 5.32 Å². The highest BCUT2D eigenvalue weighted by Crippen LogP contribution is 2.34. The van der Waals surface area contributed by atoms with Crippen molar-refractivity contribution in [3.8, 4) is 0 Å². The van der Waals surface area contributed by atoms with Crippen LogP contribution in [0.1, 0.15) is 58.8 Å². The summed E-state index contributed by atoms with van der Waals surface area (Å²) in [5, 5.41) is 3.79. The van der Waals surface area contributed by atoms with Crippen molar-refractivity contribution in [2.45, 2.75) is 70.9 Å². The largest absolute Gasteiger partial charge is 0.311 e. The lowest BCUT2D eigenvalue weighted by atomic mass is 9.98. The molecule has 2 aliphatic carbocycles. The number of rotatable bonds is 5. The van der Waals surface area contributed by atoms with Gasteiger partial charge in [-0.15, -0.1) is 0 Å². The van der Waals surface area contributed by atoms with Gasteiger partial charge in [0.1, 0.15) is 0 Å². The standard InChI is InChI=1S/C13H25N/c1-10(9-12-7-8-12)14-11(2)13-5-3-4-6-13/h10-14H,3-9H2,1-2H3/t10?,11-/m0/s1. The maximum absolute atomic E-state index is 3.79. The second-order valence-corrected chi connectivity index (χ2v) is 5.58. The Labute approximate surface area is 88.7 Å². The van der Waals surface area contributed by atoms with Crippen molar-refractivity contribution in [3.63, 3.8) is 0 Å². The predicted molar refractivity (Wildman–Crippen MR) is 61.4 cm³/mol. The second kappa shape index (κ2) is 4.65. The van der Waals surface area contributed by atoms with Crippen LogP contribution in [0.4, 0.5) is 0 Å². The topological polar surface area (TPSA) is 12.0 Å². The number of hydrogen-bond acceptors (Lipinski definition) is 1. The summed E-state index contributed by atoms with van der Waals surface area (Å²) in [6.07, 6.45) is 10.3. The van der Waals surface area contributed by atoms with Crippen LogP contribution in [-0.2, 0) is 0 Å². The van der Waals surface area contributed by atoms with E-state index in [1.54, 1.807) is 0 Å². The Balaban J connectivity index is 1.66. The number of hydrogen-bond donors (Lipinski definition) is 1. The second-order valence-electron chi connectivity index (χ2n) is 5.58. The molecule has 2 atom stereocenters. The van der Waals surface area contributed by atoms with E-state index < -0.39 is 0 Å². The molecule has 2 aliphatic rings. The van der Waals surface area contributed by atoms with Crippen molar-refractivity contribution in [2.75, 3.05) is 0 Å². The molecule has 0 aliphatic heterocycles. The van der Waals surface area contributed by atoms with Crippen molar-refractivity contribution >= 4 is 0 Å². The maximum Gasteiger partial charge on any atom is 0.00694 e. The third-order valence-electron chi connectivity index (χ3n) is 4.04. The third kappa shape index (κ3) is 2.98. The normalized spacial score (nSPS) is 27.9. The molecule has 0 heterocycles. The summed E-state index contributed by atoms with van der Waals surface area (Å²) in [5.41, 5.74) is 0. The summed E-state index contributed by atoms with van der Waals surface area (Å²) in [6, 6.07) is 1.50. The first-order chi connectivity index (χ1) is 6.75. The Morgan fingerprint density at radius 2 is 1.71 bits per heavy atom. The minimum Gasteiger partial charge on any atom is -0.311 e. The van der Waals surface area contributed by atoms with Crippen LogP contribution in [0.3, 0.4) is 0 Å². The zero-order valence-corrected chi connectivity index (χ0v) is 9.76. The molecular formula is C13H25N. The van der Waals surface area contributed by atoms with E-state index in [-0.39, 0.29) is 0 Å². The molecule has 0 aromatic rings. The van der Waals surface area contributed by atoms with E-state index in [4.69, 9.17) is 0 Å². The van der Waals surface area contributed by atoms with Crippen molar-refractivity contribution in [1.29, 1.82) is 0 Å². The van der Waals surface area contributed by atoms with E-state index in [9.17, 15) is 0 Å². The highest BCUT2D eigenvalue weighted by atomic mass is 14.9.